The van der Waals surface area contributed by atoms with Crippen LogP contribution >= 0.6 is 21.6 Å². The number of allylic oxidation sites excluding steroid dienone is 2. The van der Waals surface area contributed by atoms with E-state index < -0.39 is 11.6 Å². The van der Waals surface area contributed by atoms with Crippen molar-refractivity contribution in [3.63, 3.8) is 0 Å². The van der Waals surface area contributed by atoms with Crippen LogP contribution in [0.3, 0.4) is 0 Å². The van der Waals surface area contributed by atoms with Crippen LogP contribution < -0.4 is 0 Å². The number of hydrogen-bond acceptors (Lipinski definition) is 8. The average molecular weight is 532 g/mol. The van der Waals surface area contributed by atoms with Crippen molar-refractivity contribution in [2.75, 3.05) is 12.4 Å². The smallest absolute Gasteiger partial charge is 0.338 e. The van der Waals surface area contributed by atoms with Crippen LogP contribution in [0.5, 0.6) is 0 Å². The van der Waals surface area contributed by atoms with Crippen molar-refractivity contribution in [1.29, 1.82) is 0 Å². The minimum Gasteiger partial charge on any atom is -0.460 e. The summed E-state index contributed by atoms with van der Waals surface area (Å²) >= 11 is 0. The first-order valence-corrected chi connectivity index (χ1v) is 15.5. The Morgan fingerprint density at radius 2 is 2.17 bits per heavy atom. The van der Waals surface area contributed by atoms with E-state index in [1.54, 1.807) is 12.2 Å². The Morgan fingerprint density at radius 3 is 2.86 bits per heavy atom. The van der Waals surface area contributed by atoms with Crippen LogP contribution in [0, 0.1) is 17.3 Å². The van der Waals surface area contributed by atoms with Gasteiger partial charge in [-0.2, -0.15) is 4.99 Å². The van der Waals surface area contributed by atoms with Gasteiger partial charge in [0.1, 0.15) is 18.2 Å². The second-order valence-electron chi connectivity index (χ2n) is 10.9. The van der Waals surface area contributed by atoms with Gasteiger partial charge in [0.15, 0.2) is 0 Å². The van der Waals surface area contributed by atoms with Crippen molar-refractivity contribution in [1.82, 2.24) is 0 Å². The van der Waals surface area contributed by atoms with Gasteiger partial charge in [0, 0.05) is 23.3 Å². The zero-order chi connectivity index (χ0) is 25.8. The highest BCUT2D eigenvalue weighted by Crippen LogP contribution is 2.60. The van der Waals surface area contributed by atoms with Crippen LogP contribution in [0.1, 0.15) is 71.6 Å². The molecule has 2 aliphatic carbocycles. The van der Waals surface area contributed by atoms with Crippen LogP contribution in [0.4, 0.5) is 0 Å². The number of fused-ring (bicyclic) bond motifs is 1. The Morgan fingerprint density at radius 1 is 1.33 bits per heavy atom. The Balaban J connectivity index is 1.44. The number of ether oxygens (including phenoxy) is 2. The lowest BCUT2D eigenvalue weighted by molar-refractivity contribution is -0.163. The maximum atomic E-state index is 12.8. The van der Waals surface area contributed by atoms with Gasteiger partial charge in [-0.15, -0.1) is 0 Å². The Labute approximate surface area is 222 Å². The normalized spacial score (nSPS) is 36.2. The summed E-state index contributed by atoms with van der Waals surface area (Å²) in [6.45, 7) is 8.81. The van der Waals surface area contributed by atoms with E-state index in [4.69, 9.17) is 9.47 Å². The van der Waals surface area contributed by atoms with E-state index in [2.05, 4.69) is 24.6 Å². The summed E-state index contributed by atoms with van der Waals surface area (Å²) in [6, 6.07) is 0. The average Bonchev–Trinajstić information content (AvgIpc) is 3.50. The molecule has 4 rings (SSSR count). The van der Waals surface area contributed by atoms with Crippen molar-refractivity contribution in [2.24, 2.45) is 22.2 Å². The minimum absolute atomic E-state index is 0.0135. The van der Waals surface area contributed by atoms with Crippen molar-refractivity contribution < 1.29 is 23.9 Å². The molecule has 8 heteroatoms. The van der Waals surface area contributed by atoms with E-state index in [9.17, 15) is 14.4 Å². The quantitative estimate of drug-likeness (QED) is 0.0884. The highest BCUT2D eigenvalue weighted by molar-refractivity contribution is 8.77. The number of esters is 2. The molecule has 6 atom stereocenters. The number of unbranched alkanes of at least 4 members (excludes halogenated alkanes) is 1. The molecule has 0 spiro atoms. The first kappa shape index (κ1) is 27.3. The molecular formula is C28H37NO5S2. The lowest BCUT2D eigenvalue weighted by atomic mass is 9.49. The molecule has 0 N–H and O–H groups in total. The Bertz CT molecular complexity index is 980. The van der Waals surface area contributed by atoms with Gasteiger partial charge in [-0.25, -0.2) is 9.59 Å². The molecule has 4 aliphatic rings. The SMILES string of the molecule is C=C1CC[C@H]2[C@@](C)(CC[C@@H](OC(=O)CCCC[C@@H]3CCSS3)[C@@]2(C)N=C=O)[C@@H]1/C=C/C1=CCOC1=O. The summed E-state index contributed by atoms with van der Waals surface area (Å²) < 4.78 is 11.0. The highest BCUT2D eigenvalue weighted by Gasteiger charge is 2.59. The highest BCUT2D eigenvalue weighted by atomic mass is 33.1. The molecule has 0 aromatic heterocycles. The first-order chi connectivity index (χ1) is 17.3. The summed E-state index contributed by atoms with van der Waals surface area (Å²) in [5.41, 5.74) is 0.600. The molecule has 1 saturated heterocycles. The Kier molecular flexibility index (Phi) is 8.90. The lowest BCUT2D eigenvalue weighted by Gasteiger charge is -2.58. The number of hydrogen-bond donors (Lipinski definition) is 0. The predicted octanol–water partition coefficient (Wildman–Crippen LogP) is 6.13. The van der Waals surface area contributed by atoms with E-state index in [1.165, 1.54) is 12.2 Å². The van der Waals surface area contributed by atoms with Gasteiger partial charge in [-0.05, 0) is 69.3 Å². The van der Waals surface area contributed by atoms with Gasteiger partial charge < -0.3 is 9.47 Å². The van der Waals surface area contributed by atoms with Crippen LogP contribution in [0.25, 0.3) is 0 Å². The van der Waals surface area contributed by atoms with Crippen LogP contribution in [-0.4, -0.2) is 47.3 Å². The van der Waals surface area contributed by atoms with Crippen LogP contribution in [0.2, 0.25) is 0 Å². The zero-order valence-corrected chi connectivity index (χ0v) is 23.0. The molecule has 2 heterocycles. The molecule has 0 radical (unpaired) electrons. The van der Waals surface area contributed by atoms with Gasteiger partial charge in [0.05, 0.1) is 5.57 Å². The molecule has 2 saturated carbocycles. The number of nitrogens with zero attached hydrogens (tertiary/aromatic N) is 1. The maximum absolute atomic E-state index is 12.8. The Hall–Kier alpha value is -1.76. The maximum Gasteiger partial charge on any atom is 0.338 e. The van der Waals surface area contributed by atoms with Crippen LogP contribution in [-0.2, 0) is 23.9 Å². The van der Waals surface area contributed by atoms with E-state index in [0.29, 0.717) is 30.3 Å². The van der Waals surface area contributed by atoms with Gasteiger partial charge in [-0.3, -0.25) is 4.79 Å². The topological polar surface area (TPSA) is 82.0 Å². The zero-order valence-electron chi connectivity index (χ0n) is 21.3. The summed E-state index contributed by atoms with van der Waals surface area (Å²) in [4.78, 5) is 40.6. The predicted molar refractivity (Wildman–Crippen MR) is 144 cm³/mol. The molecule has 6 nitrogen and oxygen atoms in total. The van der Waals surface area contributed by atoms with Gasteiger partial charge in [0.25, 0.3) is 0 Å². The number of aliphatic imine (C=N–C) groups is 1. The molecule has 2 aliphatic heterocycles. The van der Waals surface area contributed by atoms with E-state index in [1.807, 2.05) is 34.6 Å². The molecule has 3 fully saturated rings. The molecule has 0 aromatic carbocycles. The fourth-order valence-electron chi connectivity index (χ4n) is 6.66. The lowest BCUT2D eigenvalue weighted by Crippen LogP contribution is -2.59. The third-order valence-electron chi connectivity index (χ3n) is 8.67. The summed E-state index contributed by atoms with van der Waals surface area (Å²) in [5, 5.41) is 0.714. The second kappa shape index (κ2) is 11.7. The third-order valence-corrected chi connectivity index (χ3v) is 11.7. The van der Waals surface area contributed by atoms with Crippen molar-refractivity contribution in [2.45, 2.75) is 88.5 Å². The van der Waals surface area contributed by atoms with Gasteiger partial charge >= 0.3 is 11.9 Å². The van der Waals surface area contributed by atoms with Gasteiger partial charge in [-0.1, -0.05) is 59.2 Å². The molecular weight excluding hydrogens is 494 g/mol. The van der Waals surface area contributed by atoms with E-state index in [-0.39, 0.29) is 29.2 Å². The molecule has 36 heavy (non-hydrogen) atoms. The molecule has 0 aromatic rings. The van der Waals surface area contributed by atoms with Crippen molar-refractivity contribution in [3.8, 4) is 0 Å². The van der Waals surface area contributed by atoms with Crippen molar-refractivity contribution >= 4 is 39.6 Å². The van der Waals surface area contributed by atoms with Crippen LogP contribution in [0.15, 0.2) is 40.9 Å². The molecule has 196 valence electrons. The summed E-state index contributed by atoms with van der Waals surface area (Å²) in [7, 11) is 3.91. The van der Waals surface area contributed by atoms with E-state index >= 15 is 0 Å². The fraction of sp³-hybridized carbons (Fsp3) is 0.679. The van der Waals surface area contributed by atoms with Gasteiger partial charge in [0.2, 0.25) is 6.08 Å². The van der Waals surface area contributed by atoms with E-state index in [0.717, 1.165) is 44.1 Å². The monoisotopic (exact) mass is 531 g/mol. The number of cyclic esters (lactones) is 1. The minimum atomic E-state index is -0.847. The second-order valence-corrected chi connectivity index (χ2v) is 13.7. The number of carbonyl (C=O) groups excluding carboxylic acids is 3. The number of rotatable bonds is 9. The third kappa shape index (κ3) is 5.71. The summed E-state index contributed by atoms with van der Waals surface area (Å²) in [5.74, 6) is 0.757. The molecule has 0 amide bonds. The molecule has 0 bridgehead atoms. The largest absolute Gasteiger partial charge is 0.460 e. The number of carbonyl (C=O) groups is 2. The number of isocyanates is 1. The molecule has 0 unspecified atom stereocenters. The summed E-state index contributed by atoms with van der Waals surface area (Å²) in [6.07, 6.45) is 14.7. The first-order valence-electron chi connectivity index (χ1n) is 13.1. The van der Waals surface area contributed by atoms with Crippen molar-refractivity contribution in [3.05, 3.63) is 36.0 Å². The standard InChI is InChI=1S/C28H37NO5S2/c1-19-8-11-23-27(2,22(19)10-9-20-13-16-33-26(20)32)15-12-24(28(23,3)29-18-30)34-25(31)7-5-4-6-21-14-17-35-36-21/h9-10,13,21-24H,1,4-8,11-12,14-17H2,2-3H3/b10-9+/t21-,22-,23+,24-,27+,28+/m1/s1. The fourth-order valence-corrected chi connectivity index (χ4v) is 9.69.